The second-order valence-corrected chi connectivity index (χ2v) is 9.40. The van der Waals surface area contributed by atoms with E-state index in [0.29, 0.717) is 24.7 Å². The van der Waals surface area contributed by atoms with Crippen LogP contribution in [0.2, 0.25) is 0 Å². The van der Waals surface area contributed by atoms with Crippen LogP contribution in [0, 0.1) is 17.8 Å². The first kappa shape index (κ1) is 25.7. The van der Waals surface area contributed by atoms with E-state index >= 15 is 0 Å². The SMILES string of the molecule is CCCCC(F)C(O)/C=C/C1[C@H]2C/C(=C/CCCC(=O)OC)C[C@H]2C[C@H]1O[C@H]1C=CC=CO1. The number of esters is 1. The molecular weight excluding hydrogens is 423 g/mol. The van der Waals surface area contributed by atoms with Crippen molar-refractivity contribution in [2.45, 2.75) is 89.4 Å². The van der Waals surface area contributed by atoms with Crippen molar-refractivity contribution in [2.24, 2.45) is 17.8 Å². The Kier molecular flexibility index (Phi) is 10.2. The maximum atomic E-state index is 14.3. The van der Waals surface area contributed by atoms with Gasteiger partial charge in [-0.15, -0.1) is 0 Å². The van der Waals surface area contributed by atoms with Gasteiger partial charge in [0.2, 0.25) is 6.29 Å². The fourth-order valence-electron chi connectivity index (χ4n) is 5.27. The molecule has 0 bridgehead atoms. The minimum absolute atomic E-state index is 0.0285. The fraction of sp³-hybridized carbons (Fsp3) is 0.667. The highest BCUT2D eigenvalue weighted by molar-refractivity contribution is 5.69. The van der Waals surface area contributed by atoms with Gasteiger partial charge in [0, 0.05) is 12.3 Å². The summed E-state index contributed by atoms with van der Waals surface area (Å²) in [6, 6.07) is 0. The summed E-state index contributed by atoms with van der Waals surface area (Å²) < 4.78 is 30.8. The Hall–Kier alpha value is -1.92. The second-order valence-electron chi connectivity index (χ2n) is 9.40. The molecular formula is C27H39FO5. The van der Waals surface area contributed by atoms with E-state index in [4.69, 9.17) is 14.2 Å². The quantitative estimate of drug-likeness (QED) is 0.234. The number of allylic oxidation sites excluding steroid dienone is 4. The van der Waals surface area contributed by atoms with Crippen LogP contribution in [-0.4, -0.2) is 42.9 Å². The highest BCUT2D eigenvalue weighted by atomic mass is 19.1. The molecule has 1 N–H and O–H groups in total. The number of hydrogen-bond donors (Lipinski definition) is 1. The van der Waals surface area contributed by atoms with Gasteiger partial charge in [-0.05, 0) is 62.5 Å². The van der Waals surface area contributed by atoms with Crippen molar-refractivity contribution in [3.05, 3.63) is 48.3 Å². The van der Waals surface area contributed by atoms with Crippen molar-refractivity contribution in [1.82, 2.24) is 0 Å². The third kappa shape index (κ3) is 7.54. The van der Waals surface area contributed by atoms with Crippen LogP contribution >= 0.6 is 0 Å². The number of ether oxygens (including phenoxy) is 3. The normalized spacial score (nSPS) is 31.6. The molecule has 3 rings (SSSR count). The molecule has 0 amide bonds. The van der Waals surface area contributed by atoms with Gasteiger partial charge in [-0.1, -0.05) is 49.6 Å². The Bertz CT molecular complexity index is 743. The average molecular weight is 463 g/mol. The Morgan fingerprint density at radius 3 is 2.91 bits per heavy atom. The number of alkyl halides is 1. The van der Waals surface area contributed by atoms with Gasteiger partial charge in [0.25, 0.3) is 0 Å². The molecule has 0 radical (unpaired) electrons. The van der Waals surface area contributed by atoms with Crippen LogP contribution in [0.4, 0.5) is 4.39 Å². The summed E-state index contributed by atoms with van der Waals surface area (Å²) in [5.41, 5.74) is 1.43. The molecule has 2 fully saturated rings. The standard InChI is InChI=1S/C27H39FO5/c1-3-4-10-23(28)24(29)14-13-21-22-17-19(9-5-6-11-26(30)31-2)16-20(22)18-25(21)33-27-12-7-8-15-32-27/h7-9,12-15,20-25,27,29H,3-6,10-11,16-18H2,1-2H3/b14-13+,19-9+/t20-,21?,22-,23?,24?,25+,27-/m0/s1. The Labute approximate surface area is 197 Å². The zero-order valence-electron chi connectivity index (χ0n) is 19.9. The van der Waals surface area contributed by atoms with Crippen LogP contribution in [-0.2, 0) is 19.0 Å². The molecule has 3 aliphatic rings. The number of halogens is 1. The summed E-state index contributed by atoms with van der Waals surface area (Å²) in [5.74, 6) is 0.839. The molecule has 2 saturated carbocycles. The summed E-state index contributed by atoms with van der Waals surface area (Å²) in [4.78, 5) is 11.3. The van der Waals surface area contributed by atoms with Crippen molar-refractivity contribution in [2.75, 3.05) is 7.11 Å². The Balaban J connectivity index is 1.62. The molecule has 1 heterocycles. The van der Waals surface area contributed by atoms with Crippen LogP contribution in [0.1, 0.15) is 64.7 Å². The van der Waals surface area contributed by atoms with Crippen molar-refractivity contribution >= 4 is 5.97 Å². The number of fused-ring (bicyclic) bond motifs is 1. The summed E-state index contributed by atoms with van der Waals surface area (Å²) in [6.45, 7) is 2.02. The van der Waals surface area contributed by atoms with Gasteiger partial charge in [0.05, 0.1) is 19.5 Å². The maximum Gasteiger partial charge on any atom is 0.305 e. The lowest BCUT2D eigenvalue weighted by atomic mass is 9.90. The first-order chi connectivity index (χ1) is 16.0. The van der Waals surface area contributed by atoms with Crippen molar-refractivity contribution in [1.29, 1.82) is 0 Å². The Morgan fingerprint density at radius 1 is 1.33 bits per heavy atom. The minimum Gasteiger partial charge on any atom is -0.469 e. The van der Waals surface area contributed by atoms with E-state index in [1.54, 1.807) is 12.3 Å². The molecule has 33 heavy (non-hydrogen) atoms. The minimum atomic E-state index is -1.23. The summed E-state index contributed by atoms with van der Waals surface area (Å²) in [6.07, 6.45) is 17.5. The number of carbonyl (C=O) groups is 1. The second kappa shape index (κ2) is 13.1. The summed E-state index contributed by atoms with van der Waals surface area (Å²) in [5, 5.41) is 10.3. The molecule has 0 aromatic heterocycles. The van der Waals surface area contributed by atoms with Gasteiger partial charge in [-0.2, -0.15) is 0 Å². The lowest BCUT2D eigenvalue weighted by Gasteiger charge is -2.26. The van der Waals surface area contributed by atoms with Crippen LogP contribution in [0.3, 0.4) is 0 Å². The van der Waals surface area contributed by atoms with Gasteiger partial charge in [-0.3, -0.25) is 4.79 Å². The monoisotopic (exact) mass is 462 g/mol. The maximum absolute atomic E-state index is 14.3. The van der Waals surface area contributed by atoms with Crippen LogP contribution in [0.5, 0.6) is 0 Å². The smallest absolute Gasteiger partial charge is 0.305 e. The van der Waals surface area contributed by atoms with E-state index < -0.39 is 18.6 Å². The van der Waals surface area contributed by atoms with E-state index in [-0.39, 0.29) is 18.0 Å². The van der Waals surface area contributed by atoms with Crippen LogP contribution < -0.4 is 0 Å². The molecule has 0 saturated heterocycles. The van der Waals surface area contributed by atoms with Crippen molar-refractivity contribution in [3.8, 4) is 0 Å². The number of hydrogen-bond acceptors (Lipinski definition) is 5. The van der Waals surface area contributed by atoms with Gasteiger partial charge in [-0.25, -0.2) is 4.39 Å². The third-order valence-corrected chi connectivity index (χ3v) is 7.05. The van der Waals surface area contributed by atoms with Gasteiger partial charge in [0.15, 0.2) is 0 Å². The number of methoxy groups -OCH3 is 1. The van der Waals surface area contributed by atoms with Crippen molar-refractivity contribution < 1.29 is 28.5 Å². The van der Waals surface area contributed by atoms with Gasteiger partial charge < -0.3 is 19.3 Å². The highest BCUT2D eigenvalue weighted by Crippen LogP contribution is 2.51. The molecule has 0 aromatic carbocycles. The average Bonchev–Trinajstić information content (AvgIpc) is 3.36. The largest absolute Gasteiger partial charge is 0.469 e. The van der Waals surface area contributed by atoms with Crippen LogP contribution in [0.15, 0.2) is 48.3 Å². The van der Waals surface area contributed by atoms with Gasteiger partial charge in [0.1, 0.15) is 12.3 Å². The fourth-order valence-corrected chi connectivity index (χ4v) is 5.27. The molecule has 3 unspecified atom stereocenters. The number of aliphatic hydroxyl groups is 1. The summed E-state index contributed by atoms with van der Waals surface area (Å²) >= 11 is 0. The van der Waals surface area contributed by atoms with Crippen molar-refractivity contribution in [3.63, 3.8) is 0 Å². The van der Waals surface area contributed by atoms with E-state index in [1.807, 2.05) is 31.2 Å². The molecule has 6 heteroatoms. The van der Waals surface area contributed by atoms with E-state index in [2.05, 4.69) is 6.08 Å². The predicted molar refractivity (Wildman–Crippen MR) is 126 cm³/mol. The van der Waals surface area contributed by atoms with Gasteiger partial charge >= 0.3 is 5.97 Å². The molecule has 0 spiro atoms. The summed E-state index contributed by atoms with van der Waals surface area (Å²) in [7, 11) is 1.42. The van der Waals surface area contributed by atoms with E-state index in [0.717, 1.165) is 44.9 Å². The molecule has 1 aliphatic heterocycles. The predicted octanol–water partition coefficient (Wildman–Crippen LogP) is 5.56. The Morgan fingerprint density at radius 2 is 2.18 bits per heavy atom. The number of aliphatic hydroxyl groups excluding tert-OH is 1. The first-order valence-corrected chi connectivity index (χ1v) is 12.4. The van der Waals surface area contributed by atoms with E-state index in [1.165, 1.54) is 12.7 Å². The zero-order chi connectivity index (χ0) is 23.6. The highest BCUT2D eigenvalue weighted by Gasteiger charge is 2.47. The van der Waals surface area contributed by atoms with Crippen LogP contribution in [0.25, 0.3) is 0 Å². The molecule has 5 nitrogen and oxygen atoms in total. The lowest BCUT2D eigenvalue weighted by molar-refractivity contribution is -0.140. The zero-order valence-corrected chi connectivity index (χ0v) is 19.9. The first-order valence-electron chi connectivity index (χ1n) is 12.4. The molecule has 184 valence electrons. The number of unbranched alkanes of at least 4 members (excludes halogenated alkanes) is 2. The van der Waals surface area contributed by atoms with E-state index in [9.17, 15) is 14.3 Å². The topological polar surface area (TPSA) is 65.0 Å². The third-order valence-electron chi connectivity index (χ3n) is 7.05. The number of rotatable bonds is 12. The molecule has 2 aliphatic carbocycles. The lowest BCUT2D eigenvalue weighted by Crippen LogP contribution is -2.28. The molecule has 0 aromatic rings. The number of carbonyl (C=O) groups excluding carboxylic acids is 1. The molecule has 7 atom stereocenters.